The zero-order chi connectivity index (χ0) is 13.5. The molecular weight excluding hydrogens is 252 g/mol. The van der Waals surface area contributed by atoms with E-state index in [1.165, 1.54) is 12.5 Å². The Morgan fingerprint density at radius 2 is 2.17 bits per heavy atom. The highest BCUT2D eigenvalue weighted by molar-refractivity contribution is 6.32. The number of nitro groups is 1. The van der Waals surface area contributed by atoms with Crippen LogP contribution in [0.5, 0.6) is 0 Å². The lowest BCUT2D eigenvalue weighted by molar-refractivity contribution is -0.384. The second-order valence-corrected chi connectivity index (χ2v) is 5.16. The zero-order valence-corrected chi connectivity index (χ0v) is 11.5. The number of hydrogen-bond donors (Lipinski definition) is 1. The molecule has 0 spiro atoms. The van der Waals surface area contributed by atoms with E-state index in [-0.39, 0.29) is 10.7 Å². The van der Waals surface area contributed by atoms with Gasteiger partial charge in [-0.05, 0) is 36.9 Å². The molecule has 0 unspecified atom stereocenters. The van der Waals surface area contributed by atoms with Crippen molar-refractivity contribution in [3.63, 3.8) is 0 Å². The van der Waals surface area contributed by atoms with Crippen molar-refractivity contribution in [2.24, 2.45) is 5.92 Å². The molecule has 1 rings (SSSR count). The van der Waals surface area contributed by atoms with Crippen LogP contribution in [0.15, 0.2) is 18.2 Å². The molecule has 0 radical (unpaired) electrons. The van der Waals surface area contributed by atoms with Crippen LogP contribution in [-0.4, -0.2) is 11.5 Å². The molecule has 4 nitrogen and oxygen atoms in total. The first-order valence-corrected chi connectivity index (χ1v) is 6.52. The van der Waals surface area contributed by atoms with Crippen molar-refractivity contribution < 1.29 is 4.92 Å². The molecule has 0 aliphatic heterocycles. The molecule has 5 heteroatoms. The summed E-state index contributed by atoms with van der Waals surface area (Å²) >= 11 is 5.75. The normalized spacial score (nSPS) is 10.9. The molecule has 18 heavy (non-hydrogen) atoms. The molecule has 0 aliphatic carbocycles. The Hall–Kier alpha value is -1.13. The van der Waals surface area contributed by atoms with Gasteiger partial charge in [-0.3, -0.25) is 10.1 Å². The largest absolute Gasteiger partial charge is 0.313 e. The first-order chi connectivity index (χ1) is 8.50. The number of nitrogens with zero attached hydrogens (tertiary/aromatic N) is 1. The van der Waals surface area contributed by atoms with Gasteiger partial charge in [-0.15, -0.1) is 0 Å². The summed E-state index contributed by atoms with van der Waals surface area (Å²) in [6.07, 6.45) is 2.31. The fourth-order valence-corrected chi connectivity index (χ4v) is 1.86. The van der Waals surface area contributed by atoms with Gasteiger partial charge in [0.25, 0.3) is 5.69 Å². The van der Waals surface area contributed by atoms with E-state index in [1.54, 1.807) is 6.07 Å². The molecule has 0 saturated carbocycles. The predicted octanol–water partition coefficient (Wildman–Crippen LogP) is 3.77. The maximum Gasteiger partial charge on any atom is 0.288 e. The minimum Gasteiger partial charge on any atom is -0.313 e. The molecule has 1 aromatic rings. The summed E-state index contributed by atoms with van der Waals surface area (Å²) in [7, 11) is 0. The summed E-state index contributed by atoms with van der Waals surface area (Å²) in [6.45, 7) is 5.95. The summed E-state index contributed by atoms with van der Waals surface area (Å²) in [5, 5.41) is 14.2. The van der Waals surface area contributed by atoms with Gasteiger partial charge in [-0.1, -0.05) is 31.5 Å². The molecular formula is C13H19ClN2O2. The highest BCUT2D eigenvalue weighted by Crippen LogP contribution is 2.24. The minimum atomic E-state index is -0.454. The third kappa shape index (κ3) is 5.02. The molecule has 1 aromatic carbocycles. The van der Waals surface area contributed by atoms with E-state index in [0.717, 1.165) is 18.5 Å². The third-order valence-corrected chi connectivity index (χ3v) is 2.99. The van der Waals surface area contributed by atoms with E-state index >= 15 is 0 Å². The average Bonchev–Trinajstić information content (AvgIpc) is 2.30. The van der Waals surface area contributed by atoms with Gasteiger partial charge in [-0.2, -0.15) is 0 Å². The molecule has 0 bridgehead atoms. The Morgan fingerprint density at radius 1 is 1.44 bits per heavy atom. The predicted molar refractivity (Wildman–Crippen MR) is 73.9 cm³/mol. The molecule has 100 valence electrons. The second kappa shape index (κ2) is 7.34. The lowest BCUT2D eigenvalue weighted by atomic mass is 10.1. The van der Waals surface area contributed by atoms with Crippen molar-refractivity contribution in [3.05, 3.63) is 38.9 Å². The van der Waals surface area contributed by atoms with Gasteiger partial charge < -0.3 is 5.32 Å². The Kier molecular flexibility index (Phi) is 6.09. The standard InChI is InChI=1S/C13H19ClN2O2/c1-10(2)4-3-7-15-9-11-5-6-12(14)13(8-11)16(17)18/h5-6,8,10,15H,3-4,7,9H2,1-2H3. The SMILES string of the molecule is CC(C)CCCNCc1ccc(Cl)c([N+](=O)[O-])c1. The van der Waals surface area contributed by atoms with Crippen molar-refractivity contribution in [2.45, 2.75) is 33.2 Å². The fourth-order valence-electron chi connectivity index (χ4n) is 1.68. The van der Waals surface area contributed by atoms with Gasteiger partial charge in [0.2, 0.25) is 0 Å². The van der Waals surface area contributed by atoms with Crippen molar-refractivity contribution in [3.8, 4) is 0 Å². The van der Waals surface area contributed by atoms with Crippen LogP contribution >= 0.6 is 11.6 Å². The molecule has 0 fully saturated rings. The summed E-state index contributed by atoms with van der Waals surface area (Å²) in [5.41, 5.74) is 0.855. The van der Waals surface area contributed by atoms with Gasteiger partial charge in [0.15, 0.2) is 0 Å². The van der Waals surface area contributed by atoms with Crippen LogP contribution in [0.3, 0.4) is 0 Å². The van der Waals surface area contributed by atoms with Crippen LogP contribution in [0.2, 0.25) is 5.02 Å². The highest BCUT2D eigenvalue weighted by Gasteiger charge is 2.12. The van der Waals surface area contributed by atoms with Crippen LogP contribution in [0.4, 0.5) is 5.69 Å². The number of rotatable bonds is 7. The second-order valence-electron chi connectivity index (χ2n) is 4.76. The number of nitro benzene ring substituents is 1. The number of hydrogen-bond acceptors (Lipinski definition) is 3. The summed E-state index contributed by atoms with van der Waals surface area (Å²) in [6, 6.07) is 4.91. The van der Waals surface area contributed by atoms with Crippen LogP contribution in [0, 0.1) is 16.0 Å². The Labute approximate surface area is 112 Å². The van der Waals surface area contributed by atoms with Crippen molar-refractivity contribution >= 4 is 17.3 Å². The topological polar surface area (TPSA) is 55.2 Å². The van der Waals surface area contributed by atoms with E-state index in [2.05, 4.69) is 19.2 Å². The van der Waals surface area contributed by atoms with E-state index in [4.69, 9.17) is 11.6 Å². The smallest absolute Gasteiger partial charge is 0.288 e. The highest BCUT2D eigenvalue weighted by atomic mass is 35.5. The van der Waals surface area contributed by atoms with Crippen LogP contribution in [-0.2, 0) is 6.54 Å². The zero-order valence-electron chi connectivity index (χ0n) is 10.8. The summed E-state index contributed by atoms with van der Waals surface area (Å²) in [5.74, 6) is 0.711. The maximum absolute atomic E-state index is 10.7. The number of halogens is 1. The van der Waals surface area contributed by atoms with Crippen LogP contribution in [0.1, 0.15) is 32.3 Å². The quantitative estimate of drug-likeness (QED) is 0.466. The maximum atomic E-state index is 10.7. The van der Waals surface area contributed by atoms with Gasteiger partial charge in [0.1, 0.15) is 5.02 Å². The average molecular weight is 271 g/mol. The fraction of sp³-hybridized carbons (Fsp3) is 0.538. The monoisotopic (exact) mass is 270 g/mol. The number of benzene rings is 1. The first-order valence-electron chi connectivity index (χ1n) is 6.14. The lowest BCUT2D eigenvalue weighted by Crippen LogP contribution is -2.15. The molecule has 0 aromatic heterocycles. The van der Waals surface area contributed by atoms with E-state index in [1.807, 2.05) is 6.07 Å². The van der Waals surface area contributed by atoms with Gasteiger partial charge in [0.05, 0.1) is 4.92 Å². The molecule has 1 N–H and O–H groups in total. The molecule has 0 heterocycles. The van der Waals surface area contributed by atoms with E-state index < -0.39 is 4.92 Å². The van der Waals surface area contributed by atoms with Crippen molar-refractivity contribution in [1.82, 2.24) is 5.32 Å². The molecule has 0 aliphatic rings. The van der Waals surface area contributed by atoms with Gasteiger partial charge >= 0.3 is 0 Å². The third-order valence-electron chi connectivity index (χ3n) is 2.67. The molecule has 0 saturated heterocycles. The van der Waals surface area contributed by atoms with E-state index in [9.17, 15) is 10.1 Å². The van der Waals surface area contributed by atoms with Crippen LogP contribution < -0.4 is 5.32 Å². The van der Waals surface area contributed by atoms with Gasteiger partial charge in [0, 0.05) is 12.6 Å². The van der Waals surface area contributed by atoms with Crippen molar-refractivity contribution in [2.75, 3.05) is 6.54 Å². The Balaban J connectivity index is 2.43. The van der Waals surface area contributed by atoms with Crippen LogP contribution in [0.25, 0.3) is 0 Å². The van der Waals surface area contributed by atoms with Gasteiger partial charge in [-0.25, -0.2) is 0 Å². The summed E-state index contributed by atoms with van der Waals surface area (Å²) in [4.78, 5) is 10.3. The summed E-state index contributed by atoms with van der Waals surface area (Å²) < 4.78 is 0. The minimum absolute atomic E-state index is 0.0295. The lowest BCUT2D eigenvalue weighted by Gasteiger charge is -2.07. The Morgan fingerprint density at radius 3 is 2.78 bits per heavy atom. The molecule has 0 amide bonds. The Bertz CT molecular complexity index is 408. The number of nitrogens with one attached hydrogen (secondary N) is 1. The molecule has 0 atom stereocenters. The van der Waals surface area contributed by atoms with E-state index in [0.29, 0.717) is 12.5 Å². The van der Waals surface area contributed by atoms with Crippen molar-refractivity contribution in [1.29, 1.82) is 0 Å². The first kappa shape index (κ1) is 14.9.